The highest BCUT2D eigenvalue weighted by atomic mass is 79.9. The molecule has 28 heavy (non-hydrogen) atoms. The van der Waals surface area contributed by atoms with Gasteiger partial charge in [-0.2, -0.15) is 0 Å². The van der Waals surface area contributed by atoms with Crippen LogP contribution < -0.4 is 10.1 Å². The molecule has 0 aliphatic rings. The van der Waals surface area contributed by atoms with Crippen LogP contribution >= 0.6 is 15.9 Å². The van der Waals surface area contributed by atoms with E-state index in [0.717, 1.165) is 4.47 Å². The van der Waals surface area contributed by atoms with E-state index in [9.17, 15) is 19.7 Å². The van der Waals surface area contributed by atoms with Gasteiger partial charge in [0, 0.05) is 33.9 Å². The average Bonchev–Trinajstić information content (AvgIpc) is 2.68. The van der Waals surface area contributed by atoms with Crippen LogP contribution in [-0.4, -0.2) is 16.8 Å². The molecular formula is C20H13BrN2O5. The molecule has 0 fully saturated rings. The van der Waals surface area contributed by atoms with Gasteiger partial charge >= 0.3 is 5.97 Å². The quantitative estimate of drug-likeness (QED) is 0.265. The predicted molar refractivity (Wildman–Crippen MR) is 107 cm³/mol. The summed E-state index contributed by atoms with van der Waals surface area (Å²) in [6.45, 7) is 0. The molecule has 0 saturated carbocycles. The molecular weight excluding hydrogens is 428 g/mol. The van der Waals surface area contributed by atoms with E-state index in [0.29, 0.717) is 11.3 Å². The van der Waals surface area contributed by atoms with Crippen LogP contribution in [0, 0.1) is 10.1 Å². The molecule has 0 aliphatic carbocycles. The van der Waals surface area contributed by atoms with Crippen LogP contribution in [0.25, 0.3) is 0 Å². The number of hydrogen-bond acceptors (Lipinski definition) is 5. The Bertz CT molecular complexity index is 1030. The SMILES string of the molecule is O=C(Nc1cccc(OC(=O)c2ccc(Br)cc2)c1)c1ccc([N+](=O)[O-])cc1. The van der Waals surface area contributed by atoms with E-state index in [2.05, 4.69) is 21.2 Å². The van der Waals surface area contributed by atoms with E-state index in [-0.39, 0.29) is 17.0 Å². The number of rotatable bonds is 5. The molecule has 7 nitrogen and oxygen atoms in total. The minimum absolute atomic E-state index is 0.0987. The van der Waals surface area contributed by atoms with Crippen molar-refractivity contribution in [1.29, 1.82) is 0 Å². The predicted octanol–water partition coefficient (Wildman–Crippen LogP) is 4.83. The van der Waals surface area contributed by atoms with Gasteiger partial charge in [-0.05, 0) is 48.5 Å². The smallest absolute Gasteiger partial charge is 0.343 e. The monoisotopic (exact) mass is 440 g/mol. The third-order valence-electron chi connectivity index (χ3n) is 3.72. The molecule has 1 amide bonds. The van der Waals surface area contributed by atoms with Crippen LogP contribution in [-0.2, 0) is 0 Å². The molecule has 3 aromatic rings. The maximum atomic E-state index is 12.3. The standard InChI is InChI=1S/C20H13BrN2O5/c21-15-8-4-14(5-9-15)20(25)28-18-3-1-2-16(12-18)22-19(24)13-6-10-17(11-7-13)23(26)27/h1-12H,(H,22,24). The fourth-order valence-corrected chi connectivity index (χ4v) is 2.59. The summed E-state index contributed by atoms with van der Waals surface area (Å²) >= 11 is 3.30. The molecule has 3 rings (SSSR count). The number of anilines is 1. The first-order valence-corrected chi connectivity index (χ1v) is 8.85. The molecule has 0 aliphatic heterocycles. The number of carbonyl (C=O) groups is 2. The number of benzene rings is 3. The number of nitro benzene ring substituents is 1. The number of esters is 1. The molecule has 0 radical (unpaired) electrons. The van der Waals surface area contributed by atoms with Crippen LogP contribution in [0.3, 0.4) is 0 Å². The normalized spacial score (nSPS) is 10.2. The Hall–Kier alpha value is -3.52. The number of non-ortho nitro benzene ring substituents is 1. The zero-order valence-electron chi connectivity index (χ0n) is 14.3. The molecule has 0 spiro atoms. The lowest BCUT2D eigenvalue weighted by Gasteiger charge is -2.08. The molecule has 0 saturated heterocycles. The third-order valence-corrected chi connectivity index (χ3v) is 4.25. The zero-order valence-corrected chi connectivity index (χ0v) is 15.9. The Morgan fingerprint density at radius 1 is 0.929 bits per heavy atom. The maximum absolute atomic E-state index is 12.3. The fraction of sp³-hybridized carbons (Fsp3) is 0. The zero-order chi connectivity index (χ0) is 20.1. The number of hydrogen-bond donors (Lipinski definition) is 1. The molecule has 0 bridgehead atoms. The van der Waals surface area contributed by atoms with Crippen LogP contribution in [0.4, 0.5) is 11.4 Å². The Morgan fingerprint density at radius 3 is 2.21 bits per heavy atom. The fourth-order valence-electron chi connectivity index (χ4n) is 2.33. The molecule has 140 valence electrons. The van der Waals surface area contributed by atoms with Gasteiger partial charge in [0.25, 0.3) is 11.6 Å². The van der Waals surface area contributed by atoms with Crippen molar-refractivity contribution in [3.63, 3.8) is 0 Å². The maximum Gasteiger partial charge on any atom is 0.343 e. The van der Waals surface area contributed by atoms with E-state index in [4.69, 9.17) is 4.74 Å². The summed E-state index contributed by atoms with van der Waals surface area (Å²) in [7, 11) is 0. The summed E-state index contributed by atoms with van der Waals surface area (Å²) in [6.07, 6.45) is 0. The molecule has 0 unspecified atom stereocenters. The topological polar surface area (TPSA) is 98.5 Å². The first kappa shape index (κ1) is 19.2. The Labute approximate surface area is 168 Å². The van der Waals surface area contributed by atoms with E-state index < -0.39 is 16.8 Å². The minimum atomic E-state index is -0.537. The molecule has 0 heterocycles. The second-order valence-corrected chi connectivity index (χ2v) is 6.60. The first-order chi connectivity index (χ1) is 13.4. The van der Waals surface area contributed by atoms with Gasteiger partial charge in [0.15, 0.2) is 0 Å². The van der Waals surface area contributed by atoms with Gasteiger partial charge < -0.3 is 10.1 Å². The third kappa shape index (κ3) is 4.80. The number of amides is 1. The lowest BCUT2D eigenvalue weighted by Crippen LogP contribution is -2.12. The number of nitrogens with zero attached hydrogens (tertiary/aromatic N) is 1. The summed E-state index contributed by atoms with van der Waals surface area (Å²) in [5, 5.41) is 13.3. The van der Waals surface area contributed by atoms with Gasteiger partial charge in [-0.25, -0.2) is 4.79 Å². The number of nitrogens with one attached hydrogen (secondary N) is 1. The largest absolute Gasteiger partial charge is 0.423 e. The highest BCUT2D eigenvalue weighted by molar-refractivity contribution is 9.10. The number of ether oxygens (including phenoxy) is 1. The van der Waals surface area contributed by atoms with Crippen molar-refractivity contribution in [2.45, 2.75) is 0 Å². The Balaban J connectivity index is 1.68. The number of nitro groups is 1. The van der Waals surface area contributed by atoms with E-state index in [1.165, 1.54) is 30.3 Å². The van der Waals surface area contributed by atoms with E-state index in [1.54, 1.807) is 42.5 Å². The average molecular weight is 441 g/mol. The lowest BCUT2D eigenvalue weighted by atomic mass is 10.2. The first-order valence-electron chi connectivity index (χ1n) is 8.06. The summed E-state index contributed by atoms with van der Waals surface area (Å²) in [5.74, 6) is -0.688. The van der Waals surface area contributed by atoms with Gasteiger partial charge in [0.05, 0.1) is 10.5 Å². The summed E-state index contributed by atoms with van der Waals surface area (Å²) in [5.41, 5.74) is 0.981. The summed E-state index contributed by atoms with van der Waals surface area (Å²) in [6, 6.07) is 18.4. The van der Waals surface area contributed by atoms with Crippen molar-refractivity contribution in [2.24, 2.45) is 0 Å². The van der Waals surface area contributed by atoms with Crippen LogP contribution in [0.2, 0.25) is 0 Å². The van der Waals surface area contributed by atoms with Gasteiger partial charge in [-0.15, -0.1) is 0 Å². The van der Waals surface area contributed by atoms with Gasteiger partial charge in [-0.1, -0.05) is 22.0 Å². The van der Waals surface area contributed by atoms with Gasteiger partial charge in [-0.3, -0.25) is 14.9 Å². The second-order valence-electron chi connectivity index (χ2n) is 5.68. The molecule has 8 heteroatoms. The van der Waals surface area contributed by atoms with Crippen molar-refractivity contribution in [1.82, 2.24) is 0 Å². The van der Waals surface area contributed by atoms with Crippen LogP contribution in [0.5, 0.6) is 5.75 Å². The number of carbonyl (C=O) groups excluding carboxylic acids is 2. The van der Waals surface area contributed by atoms with E-state index >= 15 is 0 Å². The molecule has 0 aromatic heterocycles. The van der Waals surface area contributed by atoms with Crippen molar-refractivity contribution < 1.29 is 19.2 Å². The lowest BCUT2D eigenvalue weighted by molar-refractivity contribution is -0.384. The molecule has 0 atom stereocenters. The Morgan fingerprint density at radius 2 is 1.57 bits per heavy atom. The van der Waals surface area contributed by atoms with Gasteiger partial charge in [0.2, 0.25) is 0 Å². The summed E-state index contributed by atoms with van der Waals surface area (Å²) < 4.78 is 6.18. The molecule has 1 N–H and O–H groups in total. The minimum Gasteiger partial charge on any atom is -0.423 e. The van der Waals surface area contributed by atoms with Crippen LogP contribution in [0.15, 0.2) is 77.3 Å². The van der Waals surface area contributed by atoms with Gasteiger partial charge in [0.1, 0.15) is 5.75 Å². The summed E-state index contributed by atoms with van der Waals surface area (Å²) in [4.78, 5) is 34.6. The van der Waals surface area contributed by atoms with Crippen molar-refractivity contribution in [2.75, 3.05) is 5.32 Å². The number of halogens is 1. The second kappa shape index (κ2) is 8.45. The Kier molecular flexibility index (Phi) is 5.81. The van der Waals surface area contributed by atoms with Crippen molar-refractivity contribution in [3.05, 3.63) is 98.5 Å². The van der Waals surface area contributed by atoms with Crippen LogP contribution in [0.1, 0.15) is 20.7 Å². The highest BCUT2D eigenvalue weighted by Crippen LogP contribution is 2.20. The van der Waals surface area contributed by atoms with Crippen molar-refractivity contribution >= 4 is 39.2 Å². The van der Waals surface area contributed by atoms with E-state index in [1.807, 2.05) is 0 Å². The molecule has 3 aromatic carbocycles. The highest BCUT2D eigenvalue weighted by Gasteiger charge is 2.12. The van der Waals surface area contributed by atoms with Crippen molar-refractivity contribution in [3.8, 4) is 5.75 Å².